The first kappa shape index (κ1) is 20.5. The quantitative estimate of drug-likeness (QED) is 0.611. The highest BCUT2D eigenvalue weighted by atomic mass is 32.2. The normalized spacial score (nSPS) is 15.0. The Balaban J connectivity index is 1.84. The van der Waals surface area contributed by atoms with E-state index in [-0.39, 0.29) is 4.90 Å². The van der Waals surface area contributed by atoms with Gasteiger partial charge >= 0.3 is 0 Å². The average Bonchev–Trinajstić information content (AvgIpc) is 2.87. The van der Waals surface area contributed by atoms with Gasteiger partial charge in [0, 0.05) is 48.9 Å². The zero-order valence-electron chi connectivity index (χ0n) is 16.8. The maximum absolute atomic E-state index is 13.9. The van der Waals surface area contributed by atoms with E-state index in [1.54, 1.807) is 24.3 Å². The summed E-state index contributed by atoms with van der Waals surface area (Å²) in [6, 6.07) is 16.6. The van der Waals surface area contributed by atoms with E-state index in [0.29, 0.717) is 24.3 Å². The smallest absolute Gasteiger partial charge is 0.176 e. The first-order chi connectivity index (χ1) is 14.2. The van der Waals surface area contributed by atoms with Gasteiger partial charge in [-0.05, 0) is 48.5 Å². The molecule has 30 heavy (non-hydrogen) atoms. The lowest BCUT2D eigenvalue weighted by Crippen LogP contribution is -2.26. The molecule has 1 aliphatic heterocycles. The first-order valence-electron chi connectivity index (χ1n) is 9.57. The molecule has 0 fully saturated rings. The van der Waals surface area contributed by atoms with Crippen molar-refractivity contribution in [3.05, 3.63) is 77.9 Å². The van der Waals surface area contributed by atoms with Crippen LogP contribution in [0.1, 0.15) is 5.56 Å². The van der Waals surface area contributed by atoms with Gasteiger partial charge in [-0.3, -0.25) is 0 Å². The highest BCUT2D eigenvalue weighted by Crippen LogP contribution is 2.36. The number of likely N-dealkylation sites (N-methyl/N-ethyl adjacent to an activating group) is 1. The van der Waals surface area contributed by atoms with Crippen LogP contribution < -0.4 is 4.90 Å². The minimum atomic E-state index is -3.38. The van der Waals surface area contributed by atoms with Crippen molar-refractivity contribution in [2.24, 2.45) is 0 Å². The van der Waals surface area contributed by atoms with Gasteiger partial charge in [0.25, 0.3) is 0 Å². The molecular formula is C23H22F2N2O2S. The number of benzene rings is 3. The summed E-state index contributed by atoms with van der Waals surface area (Å²) in [5.41, 5.74) is 3.91. The van der Waals surface area contributed by atoms with Crippen LogP contribution in [0, 0.1) is 11.6 Å². The lowest BCUT2D eigenvalue weighted by Gasteiger charge is -2.25. The Bertz CT molecular complexity index is 1210. The topological polar surface area (TPSA) is 40.6 Å². The van der Waals surface area contributed by atoms with Crippen LogP contribution in [-0.4, -0.2) is 39.7 Å². The number of hydrogen-bond acceptors (Lipinski definition) is 4. The van der Waals surface area contributed by atoms with E-state index in [2.05, 4.69) is 4.90 Å². The van der Waals surface area contributed by atoms with Gasteiger partial charge in [0.1, 0.15) is 0 Å². The Hall–Kier alpha value is -2.77. The van der Waals surface area contributed by atoms with Crippen molar-refractivity contribution < 1.29 is 17.2 Å². The van der Waals surface area contributed by atoms with Crippen LogP contribution in [0.15, 0.2) is 65.6 Å². The maximum atomic E-state index is 13.9. The van der Waals surface area contributed by atoms with Crippen LogP contribution >= 0.6 is 0 Å². The number of rotatable bonds is 3. The van der Waals surface area contributed by atoms with Crippen LogP contribution in [0.4, 0.5) is 20.2 Å². The van der Waals surface area contributed by atoms with E-state index >= 15 is 0 Å². The van der Waals surface area contributed by atoms with E-state index in [9.17, 15) is 17.2 Å². The van der Waals surface area contributed by atoms with Crippen molar-refractivity contribution in [2.75, 3.05) is 31.3 Å². The van der Waals surface area contributed by atoms with Crippen molar-refractivity contribution >= 4 is 21.2 Å². The van der Waals surface area contributed by atoms with Crippen molar-refractivity contribution in [1.82, 2.24) is 4.90 Å². The Morgan fingerprint density at radius 1 is 0.900 bits per heavy atom. The van der Waals surface area contributed by atoms with E-state index in [1.165, 1.54) is 12.3 Å². The lowest BCUT2D eigenvalue weighted by atomic mass is 10.0. The molecule has 7 heteroatoms. The highest BCUT2D eigenvalue weighted by molar-refractivity contribution is 7.90. The summed E-state index contributed by atoms with van der Waals surface area (Å²) >= 11 is 0. The van der Waals surface area contributed by atoms with Crippen LogP contribution in [0.3, 0.4) is 0 Å². The van der Waals surface area contributed by atoms with Gasteiger partial charge in [-0.25, -0.2) is 17.2 Å². The fourth-order valence-corrected chi connectivity index (χ4v) is 4.76. The van der Waals surface area contributed by atoms with Gasteiger partial charge in [-0.1, -0.05) is 24.3 Å². The van der Waals surface area contributed by atoms with E-state index in [0.717, 1.165) is 29.4 Å². The summed E-state index contributed by atoms with van der Waals surface area (Å²) in [5.74, 6) is -1.76. The Kier molecular flexibility index (Phi) is 5.34. The third kappa shape index (κ3) is 3.95. The SMILES string of the molecule is CN1CCN(c2ccc(F)c(F)c2)c2ccc(-c3ccccc3S(C)(=O)=O)cc2C1. The molecule has 0 amide bonds. The van der Waals surface area contributed by atoms with Crippen LogP contribution in [0.5, 0.6) is 0 Å². The molecule has 0 aromatic heterocycles. The van der Waals surface area contributed by atoms with Crippen molar-refractivity contribution in [1.29, 1.82) is 0 Å². The number of nitrogens with zero attached hydrogens (tertiary/aromatic N) is 2. The summed E-state index contributed by atoms with van der Waals surface area (Å²) in [6.07, 6.45) is 1.20. The van der Waals surface area contributed by atoms with Gasteiger partial charge in [0.15, 0.2) is 21.5 Å². The Morgan fingerprint density at radius 3 is 2.40 bits per heavy atom. The molecule has 4 rings (SSSR count). The molecule has 0 radical (unpaired) electrons. The number of fused-ring (bicyclic) bond motifs is 1. The molecule has 1 heterocycles. The number of sulfone groups is 1. The predicted octanol–water partition coefficient (Wildman–Crippen LogP) is 4.62. The summed E-state index contributed by atoms with van der Waals surface area (Å²) in [5, 5.41) is 0. The molecule has 156 valence electrons. The van der Waals surface area contributed by atoms with E-state index in [4.69, 9.17) is 0 Å². The fourth-order valence-electron chi connectivity index (χ4n) is 3.85. The minimum Gasteiger partial charge on any atom is -0.340 e. The summed E-state index contributed by atoms with van der Waals surface area (Å²) in [4.78, 5) is 4.39. The van der Waals surface area contributed by atoms with E-state index in [1.807, 2.05) is 36.2 Å². The molecule has 0 N–H and O–H groups in total. The number of hydrogen-bond donors (Lipinski definition) is 0. The minimum absolute atomic E-state index is 0.282. The highest BCUT2D eigenvalue weighted by Gasteiger charge is 2.22. The molecule has 0 spiro atoms. The van der Waals surface area contributed by atoms with Crippen molar-refractivity contribution in [2.45, 2.75) is 11.4 Å². The maximum Gasteiger partial charge on any atom is 0.176 e. The Labute approximate surface area is 175 Å². The van der Waals surface area contributed by atoms with Crippen molar-refractivity contribution in [3.63, 3.8) is 0 Å². The predicted molar refractivity (Wildman–Crippen MR) is 115 cm³/mol. The van der Waals surface area contributed by atoms with Gasteiger partial charge in [-0.2, -0.15) is 0 Å². The zero-order chi connectivity index (χ0) is 21.5. The molecule has 1 aliphatic rings. The summed E-state index contributed by atoms with van der Waals surface area (Å²) in [7, 11) is -1.39. The fraction of sp³-hybridized carbons (Fsp3) is 0.217. The van der Waals surface area contributed by atoms with Gasteiger partial charge in [0.05, 0.1) is 4.90 Å². The zero-order valence-corrected chi connectivity index (χ0v) is 17.6. The third-order valence-electron chi connectivity index (χ3n) is 5.33. The molecular weight excluding hydrogens is 406 g/mol. The Morgan fingerprint density at radius 2 is 1.67 bits per heavy atom. The summed E-state index contributed by atoms with van der Waals surface area (Å²) in [6.45, 7) is 2.02. The largest absolute Gasteiger partial charge is 0.340 e. The third-order valence-corrected chi connectivity index (χ3v) is 6.48. The second-order valence-electron chi connectivity index (χ2n) is 7.60. The second kappa shape index (κ2) is 7.81. The second-order valence-corrected chi connectivity index (χ2v) is 9.58. The molecule has 0 saturated heterocycles. The van der Waals surface area contributed by atoms with E-state index < -0.39 is 21.5 Å². The van der Waals surface area contributed by atoms with Crippen LogP contribution in [0.25, 0.3) is 11.1 Å². The molecule has 0 aliphatic carbocycles. The lowest BCUT2D eigenvalue weighted by molar-refractivity contribution is 0.343. The van der Waals surface area contributed by atoms with Crippen LogP contribution in [0.2, 0.25) is 0 Å². The number of halogens is 2. The van der Waals surface area contributed by atoms with Gasteiger partial charge < -0.3 is 9.80 Å². The molecule has 0 unspecified atom stereocenters. The molecule has 4 nitrogen and oxygen atoms in total. The van der Waals surface area contributed by atoms with Gasteiger partial charge in [0.2, 0.25) is 0 Å². The van der Waals surface area contributed by atoms with Crippen LogP contribution in [-0.2, 0) is 16.4 Å². The molecule has 0 bridgehead atoms. The molecule has 0 atom stereocenters. The molecule has 3 aromatic rings. The number of anilines is 2. The van der Waals surface area contributed by atoms with Gasteiger partial charge in [-0.15, -0.1) is 0 Å². The summed E-state index contributed by atoms with van der Waals surface area (Å²) < 4.78 is 51.8. The first-order valence-corrected chi connectivity index (χ1v) is 11.5. The van der Waals surface area contributed by atoms with Crippen molar-refractivity contribution in [3.8, 4) is 11.1 Å². The molecule has 3 aromatic carbocycles. The standard InChI is InChI=1S/C23H22F2N2O2S/c1-26-11-12-27(18-8-9-20(24)21(25)14-18)22-10-7-16(13-17(22)15-26)19-5-3-4-6-23(19)30(2,28)29/h3-10,13-14H,11-12,15H2,1-2H3. The molecule has 0 saturated carbocycles. The average molecular weight is 429 g/mol. The monoisotopic (exact) mass is 428 g/mol.